The Morgan fingerprint density at radius 3 is 2.59 bits per heavy atom. The number of carbonyl (C=O) groups is 2. The summed E-state index contributed by atoms with van der Waals surface area (Å²) in [6.45, 7) is 6.79. The van der Waals surface area contributed by atoms with E-state index in [1.54, 1.807) is 19.1 Å². The van der Waals surface area contributed by atoms with Crippen molar-refractivity contribution in [1.82, 2.24) is 10.3 Å². The van der Waals surface area contributed by atoms with E-state index in [4.69, 9.17) is 4.74 Å². The number of hydrogen-bond acceptors (Lipinski definition) is 4. The second kappa shape index (κ2) is 9.12. The zero-order chi connectivity index (χ0) is 20.0. The third kappa shape index (κ3) is 6.36. The lowest BCUT2D eigenvalue weighted by atomic mass is 10.1. The van der Waals surface area contributed by atoms with Crippen molar-refractivity contribution in [2.75, 3.05) is 11.9 Å². The zero-order valence-electron chi connectivity index (χ0n) is 15.9. The highest BCUT2D eigenvalue weighted by molar-refractivity contribution is 5.96. The normalized spacial score (nSPS) is 11.6. The molecule has 0 radical (unpaired) electrons. The van der Waals surface area contributed by atoms with Crippen LogP contribution in [0.5, 0.6) is 5.75 Å². The van der Waals surface area contributed by atoms with E-state index in [9.17, 15) is 14.0 Å². The highest BCUT2D eigenvalue weighted by Gasteiger charge is 2.10. The first-order valence-electron chi connectivity index (χ1n) is 8.65. The maximum Gasteiger partial charge on any atom is 0.251 e. The molecule has 0 aliphatic rings. The Balaban J connectivity index is 2.02. The third-order valence-electron chi connectivity index (χ3n) is 3.68. The van der Waals surface area contributed by atoms with Gasteiger partial charge in [0.2, 0.25) is 5.91 Å². The average molecular weight is 373 g/mol. The number of benzene rings is 1. The molecule has 6 nitrogen and oxygen atoms in total. The molecule has 0 fully saturated rings. The molecule has 0 aliphatic carbocycles. The summed E-state index contributed by atoms with van der Waals surface area (Å²) in [6, 6.07) is 8.67. The lowest BCUT2D eigenvalue weighted by molar-refractivity contribution is -0.114. The van der Waals surface area contributed by atoms with E-state index in [2.05, 4.69) is 15.6 Å². The highest BCUT2D eigenvalue weighted by atomic mass is 19.1. The number of hydrogen-bond donors (Lipinski definition) is 2. The summed E-state index contributed by atoms with van der Waals surface area (Å²) in [7, 11) is 0. The summed E-state index contributed by atoms with van der Waals surface area (Å²) in [5.74, 6) is 0.446. The van der Waals surface area contributed by atoms with Gasteiger partial charge in [0.05, 0.1) is 0 Å². The van der Waals surface area contributed by atoms with Gasteiger partial charge in [-0.1, -0.05) is 12.1 Å². The van der Waals surface area contributed by atoms with Crippen LogP contribution in [0, 0.1) is 13.8 Å². The largest absolute Gasteiger partial charge is 0.490 e. The number of nitrogens with zero attached hydrogens (tertiary/aromatic N) is 1. The van der Waals surface area contributed by atoms with Crippen molar-refractivity contribution in [1.29, 1.82) is 0 Å². The summed E-state index contributed by atoms with van der Waals surface area (Å²) in [5.41, 5.74) is 2.81. The number of anilines is 1. The molecule has 1 aromatic heterocycles. The first-order valence-corrected chi connectivity index (χ1v) is 8.65. The van der Waals surface area contributed by atoms with Crippen LogP contribution in [-0.2, 0) is 11.3 Å². The third-order valence-corrected chi connectivity index (χ3v) is 3.68. The van der Waals surface area contributed by atoms with E-state index in [1.165, 1.54) is 19.9 Å². The number of nitrogens with one attached hydrogen (secondary N) is 2. The molecule has 1 aromatic carbocycles. The minimum atomic E-state index is -1.03. The minimum absolute atomic E-state index is 0.00888. The Morgan fingerprint density at radius 2 is 1.96 bits per heavy atom. The summed E-state index contributed by atoms with van der Waals surface area (Å²) in [6.07, 6.45) is -1.03. The van der Waals surface area contributed by atoms with Gasteiger partial charge >= 0.3 is 0 Å². The number of alkyl halides is 1. The van der Waals surface area contributed by atoms with Crippen LogP contribution in [0.4, 0.5) is 10.2 Å². The van der Waals surface area contributed by atoms with Crippen molar-refractivity contribution >= 4 is 17.6 Å². The molecule has 2 amide bonds. The smallest absolute Gasteiger partial charge is 0.251 e. The van der Waals surface area contributed by atoms with Crippen molar-refractivity contribution in [2.24, 2.45) is 0 Å². The summed E-state index contributed by atoms with van der Waals surface area (Å²) >= 11 is 0. The van der Waals surface area contributed by atoms with Crippen molar-refractivity contribution < 1.29 is 18.7 Å². The van der Waals surface area contributed by atoms with Crippen LogP contribution in [0.25, 0.3) is 0 Å². The number of carbonyl (C=O) groups excluding carboxylic acids is 2. The van der Waals surface area contributed by atoms with Gasteiger partial charge in [0, 0.05) is 24.7 Å². The van der Waals surface area contributed by atoms with Gasteiger partial charge in [-0.05, 0) is 50.1 Å². The van der Waals surface area contributed by atoms with Crippen molar-refractivity contribution in [3.05, 3.63) is 52.7 Å². The molecule has 0 unspecified atom stereocenters. The molecular formula is C20H24FN3O3. The van der Waals surface area contributed by atoms with Gasteiger partial charge in [0.15, 0.2) is 0 Å². The lowest BCUT2D eigenvalue weighted by Gasteiger charge is -2.12. The summed E-state index contributed by atoms with van der Waals surface area (Å²) in [4.78, 5) is 27.8. The average Bonchev–Trinajstić information content (AvgIpc) is 2.57. The second-order valence-electron chi connectivity index (χ2n) is 6.44. The topological polar surface area (TPSA) is 80.3 Å². The number of aryl methyl sites for hydroxylation is 2. The van der Waals surface area contributed by atoms with Gasteiger partial charge in [0.1, 0.15) is 24.3 Å². The Bertz CT molecular complexity index is 837. The van der Waals surface area contributed by atoms with Crippen molar-refractivity contribution in [3.8, 4) is 5.75 Å². The molecule has 2 aromatic rings. The summed E-state index contributed by atoms with van der Waals surface area (Å²) in [5, 5.41) is 5.42. The van der Waals surface area contributed by atoms with Crippen LogP contribution in [0.1, 0.15) is 41.0 Å². The molecule has 144 valence electrons. The minimum Gasteiger partial charge on any atom is -0.490 e. The predicted molar refractivity (Wildman–Crippen MR) is 102 cm³/mol. The Hall–Kier alpha value is -2.96. The Morgan fingerprint density at radius 1 is 1.22 bits per heavy atom. The fourth-order valence-electron chi connectivity index (χ4n) is 2.52. The van der Waals surface area contributed by atoms with Gasteiger partial charge < -0.3 is 15.4 Å². The van der Waals surface area contributed by atoms with Gasteiger partial charge in [-0.15, -0.1) is 0 Å². The Labute approximate surface area is 158 Å². The maximum absolute atomic E-state index is 12.9. The molecular weight excluding hydrogens is 349 g/mol. The number of rotatable bonds is 7. The molecule has 0 saturated carbocycles. The van der Waals surface area contributed by atoms with Crippen LogP contribution < -0.4 is 15.4 Å². The van der Waals surface area contributed by atoms with E-state index in [0.29, 0.717) is 29.4 Å². The van der Waals surface area contributed by atoms with Gasteiger partial charge in [-0.2, -0.15) is 0 Å². The van der Waals surface area contributed by atoms with E-state index >= 15 is 0 Å². The van der Waals surface area contributed by atoms with Crippen molar-refractivity contribution in [3.63, 3.8) is 0 Å². The first kappa shape index (κ1) is 20.4. The van der Waals surface area contributed by atoms with Crippen LogP contribution in [0.15, 0.2) is 30.3 Å². The molecule has 1 atom stereocenters. The monoisotopic (exact) mass is 373 g/mol. The number of amides is 2. The fourth-order valence-corrected chi connectivity index (χ4v) is 2.52. The highest BCUT2D eigenvalue weighted by Crippen LogP contribution is 2.20. The molecule has 1 heterocycles. The second-order valence-corrected chi connectivity index (χ2v) is 6.44. The molecule has 27 heavy (non-hydrogen) atoms. The first-order chi connectivity index (χ1) is 12.7. The van der Waals surface area contributed by atoms with Crippen LogP contribution in [0.3, 0.4) is 0 Å². The molecule has 2 N–H and O–H groups in total. The van der Waals surface area contributed by atoms with E-state index in [-0.39, 0.29) is 18.4 Å². The predicted octanol–water partition coefficient (Wildman–Crippen LogP) is 3.32. The summed E-state index contributed by atoms with van der Waals surface area (Å²) < 4.78 is 18.3. The van der Waals surface area contributed by atoms with Crippen LogP contribution >= 0.6 is 0 Å². The van der Waals surface area contributed by atoms with Crippen molar-refractivity contribution in [2.45, 2.75) is 40.4 Å². The number of aromatic nitrogens is 1. The van der Waals surface area contributed by atoms with Crippen LogP contribution in [0.2, 0.25) is 0 Å². The molecule has 0 spiro atoms. The van der Waals surface area contributed by atoms with E-state index in [0.717, 1.165) is 11.1 Å². The quantitative estimate of drug-likeness (QED) is 0.780. The van der Waals surface area contributed by atoms with Crippen LogP contribution in [-0.4, -0.2) is 29.6 Å². The number of pyridine rings is 1. The molecule has 2 rings (SSSR count). The van der Waals surface area contributed by atoms with E-state index < -0.39 is 6.17 Å². The SMILES string of the molecule is CC(=O)Nc1cc(C(=O)NCc2ccc(OC[C@@H](C)F)c(C)c2)cc(C)n1. The molecule has 0 aliphatic heterocycles. The van der Waals surface area contributed by atoms with E-state index in [1.807, 2.05) is 19.1 Å². The standard InChI is InChI=1S/C20H24FN3O3/c1-12-7-16(5-6-18(12)27-11-13(2)21)10-22-20(26)17-8-14(3)23-19(9-17)24-15(4)25/h5-9,13H,10-11H2,1-4H3,(H,22,26)(H,23,24,25)/t13-/m1/s1. The van der Waals surface area contributed by atoms with Gasteiger partial charge in [0.25, 0.3) is 5.91 Å². The Kier molecular flexibility index (Phi) is 6.87. The molecule has 0 bridgehead atoms. The lowest BCUT2D eigenvalue weighted by Crippen LogP contribution is -2.23. The van der Waals surface area contributed by atoms with Gasteiger partial charge in [-0.25, -0.2) is 9.37 Å². The molecule has 0 saturated heterocycles. The zero-order valence-corrected chi connectivity index (χ0v) is 15.9. The molecule has 7 heteroatoms. The number of ether oxygens (including phenoxy) is 1. The fraction of sp³-hybridized carbons (Fsp3) is 0.350. The maximum atomic E-state index is 12.9. The number of halogens is 1. The van der Waals surface area contributed by atoms with Gasteiger partial charge in [-0.3, -0.25) is 9.59 Å².